The van der Waals surface area contributed by atoms with Crippen LogP contribution in [0.1, 0.15) is 18.0 Å². The molecule has 0 radical (unpaired) electrons. The predicted octanol–water partition coefficient (Wildman–Crippen LogP) is 1.42. The number of nitrogens with two attached hydrogens (primary N) is 1. The minimum Gasteiger partial charge on any atom is -0.271 e. The molecule has 0 spiro atoms. The van der Waals surface area contributed by atoms with E-state index in [0.29, 0.717) is 5.02 Å². The van der Waals surface area contributed by atoms with Gasteiger partial charge >= 0.3 is 0 Å². The lowest BCUT2D eigenvalue weighted by molar-refractivity contribution is 0.498. The van der Waals surface area contributed by atoms with Crippen LogP contribution in [0.4, 0.5) is 4.39 Å². The van der Waals surface area contributed by atoms with E-state index in [-0.39, 0.29) is 17.7 Å². The third-order valence-electron chi connectivity index (χ3n) is 2.31. The fraction of sp³-hybridized carbons (Fsp3) is 0.400. The number of benzene rings is 1. The Labute approximate surface area is 105 Å². The standard InChI is InChI=1S/C10H14ClFN2O2S/c1-17(15,16)5-4-10(14-13)8-6-7(11)2-3-9(8)12/h2-3,6,10,14H,4-5,13H2,1H3. The number of nitrogens with one attached hydrogen (secondary N) is 1. The number of hydrogen-bond donors (Lipinski definition) is 2. The SMILES string of the molecule is CS(=O)(=O)CCC(NN)c1cc(Cl)ccc1F. The van der Waals surface area contributed by atoms with Gasteiger partial charge in [-0.2, -0.15) is 0 Å². The van der Waals surface area contributed by atoms with Crippen molar-refractivity contribution in [3.05, 3.63) is 34.6 Å². The van der Waals surface area contributed by atoms with Gasteiger partial charge in [0, 0.05) is 22.9 Å². The summed E-state index contributed by atoms with van der Waals surface area (Å²) < 4.78 is 35.6. The van der Waals surface area contributed by atoms with Crippen LogP contribution < -0.4 is 11.3 Å². The Morgan fingerprint density at radius 3 is 2.71 bits per heavy atom. The van der Waals surface area contributed by atoms with E-state index in [1.165, 1.54) is 18.2 Å². The topological polar surface area (TPSA) is 72.2 Å². The number of sulfone groups is 1. The summed E-state index contributed by atoms with van der Waals surface area (Å²) in [4.78, 5) is 0. The molecule has 1 rings (SSSR count). The van der Waals surface area contributed by atoms with Crippen molar-refractivity contribution in [1.82, 2.24) is 5.43 Å². The van der Waals surface area contributed by atoms with Crippen LogP contribution in [0.3, 0.4) is 0 Å². The third-order valence-corrected chi connectivity index (χ3v) is 3.52. The molecule has 1 atom stereocenters. The van der Waals surface area contributed by atoms with Gasteiger partial charge in [0.25, 0.3) is 0 Å². The van der Waals surface area contributed by atoms with Crippen molar-refractivity contribution in [2.75, 3.05) is 12.0 Å². The van der Waals surface area contributed by atoms with Gasteiger partial charge in [0.2, 0.25) is 0 Å². The van der Waals surface area contributed by atoms with E-state index < -0.39 is 21.7 Å². The Kier molecular flexibility index (Phi) is 4.88. The molecule has 1 aromatic rings. The van der Waals surface area contributed by atoms with Crippen molar-refractivity contribution >= 4 is 21.4 Å². The minimum absolute atomic E-state index is 0.0756. The monoisotopic (exact) mass is 280 g/mol. The second kappa shape index (κ2) is 5.77. The molecular weight excluding hydrogens is 267 g/mol. The van der Waals surface area contributed by atoms with Crippen molar-refractivity contribution in [1.29, 1.82) is 0 Å². The van der Waals surface area contributed by atoms with E-state index in [2.05, 4.69) is 5.43 Å². The van der Waals surface area contributed by atoms with Gasteiger partial charge in [0.1, 0.15) is 15.7 Å². The molecule has 96 valence electrons. The van der Waals surface area contributed by atoms with Gasteiger partial charge in [0.15, 0.2) is 0 Å². The minimum atomic E-state index is -3.11. The molecule has 4 nitrogen and oxygen atoms in total. The maximum absolute atomic E-state index is 13.5. The summed E-state index contributed by atoms with van der Waals surface area (Å²) in [6, 6.07) is 3.50. The molecule has 17 heavy (non-hydrogen) atoms. The fourth-order valence-corrected chi connectivity index (χ4v) is 2.29. The number of halogens is 2. The second-order valence-electron chi connectivity index (χ2n) is 3.80. The molecule has 0 heterocycles. The van der Waals surface area contributed by atoms with Gasteiger partial charge in [-0.1, -0.05) is 11.6 Å². The Hall–Kier alpha value is -0.690. The zero-order valence-corrected chi connectivity index (χ0v) is 10.9. The van der Waals surface area contributed by atoms with Crippen LogP contribution >= 0.6 is 11.6 Å². The maximum atomic E-state index is 13.5. The van der Waals surface area contributed by atoms with Gasteiger partial charge in [-0.25, -0.2) is 12.8 Å². The number of hydrazine groups is 1. The number of rotatable bonds is 5. The van der Waals surface area contributed by atoms with E-state index in [1.54, 1.807) is 0 Å². The molecule has 0 saturated heterocycles. The Morgan fingerprint density at radius 1 is 1.53 bits per heavy atom. The van der Waals surface area contributed by atoms with Crippen LogP contribution in [0.2, 0.25) is 5.02 Å². The molecular formula is C10H14ClFN2O2S. The quantitative estimate of drug-likeness (QED) is 0.632. The van der Waals surface area contributed by atoms with Gasteiger partial charge in [0.05, 0.1) is 5.75 Å². The summed E-state index contributed by atoms with van der Waals surface area (Å²) in [7, 11) is -3.11. The molecule has 7 heteroatoms. The molecule has 0 bridgehead atoms. The first-order valence-electron chi connectivity index (χ1n) is 4.92. The predicted molar refractivity (Wildman–Crippen MR) is 65.8 cm³/mol. The third kappa shape index (κ3) is 4.59. The van der Waals surface area contributed by atoms with E-state index in [1.807, 2.05) is 0 Å². The maximum Gasteiger partial charge on any atom is 0.147 e. The van der Waals surface area contributed by atoms with Crippen molar-refractivity contribution in [3.63, 3.8) is 0 Å². The molecule has 0 amide bonds. The van der Waals surface area contributed by atoms with Crippen molar-refractivity contribution in [2.45, 2.75) is 12.5 Å². The second-order valence-corrected chi connectivity index (χ2v) is 6.50. The molecule has 3 N–H and O–H groups in total. The van der Waals surface area contributed by atoms with Crippen LogP contribution in [0.5, 0.6) is 0 Å². The van der Waals surface area contributed by atoms with Crippen LogP contribution in [-0.2, 0) is 9.84 Å². The zero-order chi connectivity index (χ0) is 13.1. The summed E-state index contributed by atoms with van der Waals surface area (Å²) in [5.41, 5.74) is 2.66. The molecule has 1 unspecified atom stereocenters. The number of hydrogen-bond acceptors (Lipinski definition) is 4. The van der Waals surface area contributed by atoms with Gasteiger partial charge in [-0.15, -0.1) is 0 Å². The van der Waals surface area contributed by atoms with Crippen molar-refractivity contribution < 1.29 is 12.8 Å². The van der Waals surface area contributed by atoms with E-state index in [9.17, 15) is 12.8 Å². The summed E-state index contributed by atoms with van der Waals surface area (Å²) in [6.07, 6.45) is 1.31. The Bertz CT molecular complexity index is 493. The van der Waals surface area contributed by atoms with Gasteiger partial charge in [-0.05, 0) is 24.6 Å². The van der Waals surface area contributed by atoms with Crippen LogP contribution in [0, 0.1) is 5.82 Å². The zero-order valence-electron chi connectivity index (χ0n) is 9.28. The fourth-order valence-electron chi connectivity index (χ4n) is 1.44. The lowest BCUT2D eigenvalue weighted by Crippen LogP contribution is -2.30. The lowest BCUT2D eigenvalue weighted by atomic mass is 10.0. The van der Waals surface area contributed by atoms with Gasteiger partial charge in [-0.3, -0.25) is 11.3 Å². The summed E-state index contributed by atoms with van der Waals surface area (Å²) in [5.74, 6) is 4.76. The summed E-state index contributed by atoms with van der Waals surface area (Å²) >= 11 is 5.75. The van der Waals surface area contributed by atoms with Gasteiger partial charge < -0.3 is 0 Å². The van der Waals surface area contributed by atoms with Crippen molar-refractivity contribution in [2.24, 2.45) is 5.84 Å². The largest absolute Gasteiger partial charge is 0.271 e. The normalized spacial score (nSPS) is 13.6. The summed E-state index contributed by atoms with van der Waals surface area (Å²) in [5, 5.41) is 0.376. The van der Waals surface area contributed by atoms with Crippen molar-refractivity contribution in [3.8, 4) is 0 Å². The van der Waals surface area contributed by atoms with E-state index >= 15 is 0 Å². The highest BCUT2D eigenvalue weighted by molar-refractivity contribution is 7.90. The van der Waals surface area contributed by atoms with E-state index in [0.717, 1.165) is 6.26 Å². The first-order chi connectivity index (χ1) is 7.83. The molecule has 0 aliphatic carbocycles. The smallest absolute Gasteiger partial charge is 0.147 e. The van der Waals surface area contributed by atoms with Crippen LogP contribution in [0.25, 0.3) is 0 Å². The molecule has 1 aromatic carbocycles. The van der Waals surface area contributed by atoms with E-state index in [4.69, 9.17) is 17.4 Å². The highest BCUT2D eigenvalue weighted by Crippen LogP contribution is 2.23. The van der Waals surface area contributed by atoms with Crippen LogP contribution in [-0.4, -0.2) is 20.4 Å². The molecule has 0 fully saturated rings. The first kappa shape index (κ1) is 14.4. The highest BCUT2D eigenvalue weighted by atomic mass is 35.5. The lowest BCUT2D eigenvalue weighted by Gasteiger charge is -2.16. The Balaban J connectivity index is 2.90. The molecule has 0 aromatic heterocycles. The average molecular weight is 281 g/mol. The highest BCUT2D eigenvalue weighted by Gasteiger charge is 2.17. The molecule has 0 saturated carbocycles. The summed E-state index contributed by atoms with van der Waals surface area (Å²) in [6.45, 7) is 0. The first-order valence-corrected chi connectivity index (χ1v) is 7.36. The van der Waals surface area contributed by atoms with Crippen LogP contribution in [0.15, 0.2) is 18.2 Å². The Morgan fingerprint density at radius 2 is 2.18 bits per heavy atom. The average Bonchev–Trinajstić information content (AvgIpc) is 2.22. The molecule has 0 aliphatic heterocycles. The molecule has 0 aliphatic rings.